The number of aliphatic hydroxyl groups excluding tert-OH is 1. The Morgan fingerprint density at radius 2 is 1.90 bits per heavy atom. The highest BCUT2D eigenvalue weighted by Gasteiger charge is 2.18. The number of nitrogens with zero attached hydrogens (tertiary/aromatic N) is 3. The van der Waals surface area contributed by atoms with Gasteiger partial charge in [0.05, 0.1) is 5.39 Å². The molecule has 1 amide bonds. The lowest BCUT2D eigenvalue weighted by molar-refractivity contribution is -0.124. The van der Waals surface area contributed by atoms with Gasteiger partial charge in [-0.2, -0.15) is 0 Å². The van der Waals surface area contributed by atoms with Gasteiger partial charge in [-0.1, -0.05) is 36.4 Å². The number of hydrogen-bond donors (Lipinski definition) is 3. The quantitative estimate of drug-likeness (QED) is 0.499. The number of aliphatic hydroxyl groups is 1. The van der Waals surface area contributed by atoms with Crippen LogP contribution in [0.1, 0.15) is 17.2 Å². The van der Waals surface area contributed by atoms with Crippen LogP contribution >= 0.6 is 0 Å². The van der Waals surface area contributed by atoms with E-state index in [9.17, 15) is 9.90 Å². The molecule has 4 aromatic rings. The molecule has 0 radical (unpaired) electrons. The Morgan fingerprint density at radius 1 is 1.14 bits per heavy atom. The van der Waals surface area contributed by atoms with E-state index in [0.29, 0.717) is 17.1 Å². The van der Waals surface area contributed by atoms with E-state index in [2.05, 4.69) is 15.3 Å². The van der Waals surface area contributed by atoms with E-state index >= 15 is 0 Å². The van der Waals surface area contributed by atoms with Gasteiger partial charge in [-0.25, -0.2) is 9.97 Å². The summed E-state index contributed by atoms with van der Waals surface area (Å²) >= 11 is 0. The van der Waals surface area contributed by atoms with E-state index in [1.165, 1.54) is 6.33 Å². The Bertz CT molecular complexity index is 1200. The molecule has 0 saturated heterocycles. The first-order valence-corrected chi connectivity index (χ1v) is 9.16. The molecular formula is C22H21N5O2. The highest BCUT2D eigenvalue weighted by atomic mass is 16.3. The van der Waals surface area contributed by atoms with Crippen LogP contribution in [0, 0.1) is 6.92 Å². The van der Waals surface area contributed by atoms with Crippen molar-refractivity contribution in [3.8, 4) is 11.1 Å². The lowest BCUT2D eigenvalue weighted by atomic mass is 10.00. The fourth-order valence-electron chi connectivity index (χ4n) is 3.48. The van der Waals surface area contributed by atoms with Crippen LogP contribution in [0.4, 0.5) is 11.5 Å². The molecule has 4 rings (SSSR count). The predicted octanol–water partition coefficient (Wildman–Crippen LogP) is 3.20. The Morgan fingerprint density at radius 3 is 2.62 bits per heavy atom. The number of aryl methyl sites for hydroxylation is 2. The van der Waals surface area contributed by atoms with Crippen LogP contribution in [-0.4, -0.2) is 25.5 Å². The summed E-state index contributed by atoms with van der Waals surface area (Å²) in [4.78, 5) is 20.8. The summed E-state index contributed by atoms with van der Waals surface area (Å²) in [5.74, 6) is -0.0560. The number of carbonyl (C=O) groups is 1. The lowest BCUT2D eigenvalue weighted by Crippen LogP contribution is -2.20. The molecule has 2 aromatic carbocycles. The van der Waals surface area contributed by atoms with E-state index < -0.39 is 12.0 Å². The Kier molecular flexibility index (Phi) is 4.74. The molecule has 2 aromatic heterocycles. The first-order chi connectivity index (χ1) is 14.0. The Hall–Kier alpha value is -3.71. The standard InChI is InChI=1S/C22H21N5O2/c1-13-10-15(26-22(29)19(28)14-6-4-3-5-7-14)8-9-16(13)17-11-27(2)21-18(17)20(23)24-12-25-21/h3-12,19,28H,1-2H3,(H,26,29)(H2,23,24,25). The van der Waals surface area contributed by atoms with Crippen LogP contribution in [-0.2, 0) is 11.8 Å². The number of nitrogens with one attached hydrogen (secondary N) is 1. The minimum Gasteiger partial charge on any atom is -0.383 e. The summed E-state index contributed by atoms with van der Waals surface area (Å²) in [6.45, 7) is 1.96. The van der Waals surface area contributed by atoms with Gasteiger partial charge in [-0.15, -0.1) is 0 Å². The second-order valence-corrected chi connectivity index (χ2v) is 6.94. The van der Waals surface area contributed by atoms with Crippen molar-refractivity contribution in [2.24, 2.45) is 7.05 Å². The summed E-state index contributed by atoms with van der Waals surface area (Å²) in [7, 11) is 1.91. The molecule has 7 heteroatoms. The zero-order chi connectivity index (χ0) is 20.5. The zero-order valence-electron chi connectivity index (χ0n) is 16.1. The van der Waals surface area contributed by atoms with Crippen molar-refractivity contribution in [3.05, 3.63) is 72.2 Å². The van der Waals surface area contributed by atoms with Crippen molar-refractivity contribution in [1.29, 1.82) is 0 Å². The molecule has 0 aliphatic rings. The van der Waals surface area contributed by atoms with Gasteiger partial charge < -0.3 is 20.7 Å². The van der Waals surface area contributed by atoms with E-state index in [4.69, 9.17) is 5.73 Å². The number of benzene rings is 2. The van der Waals surface area contributed by atoms with E-state index in [1.54, 1.807) is 30.3 Å². The maximum Gasteiger partial charge on any atom is 0.257 e. The number of aromatic nitrogens is 3. The van der Waals surface area contributed by atoms with Crippen LogP contribution in [0.25, 0.3) is 22.2 Å². The molecule has 1 atom stereocenters. The highest BCUT2D eigenvalue weighted by Crippen LogP contribution is 2.34. The third-order valence-electron chi connectivity index (χ3n) is 4.93. The normalized spacial score (nSPS) is 12.1. The first-order valence-electron chi connectivity index (χ1n) is 9.16. The average Bonchev–Trinajstić information content (AvgIpc) is 3.06. The van der Waals surface area contributed by atoms with Crippen molar-refractivity contribution in [2.75, 3.05) is 11.1 Å². The minimum atomic E-state index is -1.23. The molecule has 0 aliphatic carbocycles. The predicted molar refractivity (Wildman–Crippen MR) is 113 cm³/mol. The third-order valence-corrected chi connectivity index (χ3v) is 4.93. The van der Waals surface area contributed by atoms with Crippen LogP contribution in [0.5, 0.6) is 0 Å². The highest BCUT2D eigenvalue weighted by molar-refractivity contribution is 6.01. The van der Waals surface area contributed by atoms with E-state index in [1.807, 2.05) is 42.9 Å². The number of anilines is 2. The smallest absolute Gasteiger partial charge is 0.257 e. The minimum absolute atomic E-state index is 0.424. The van der Waals surface area contributed by atoms with Crippen molar-refractivity contribution in [2.45, 2.75) is 13.0 Å². The molecule has 29 heavy (non-hydrogen) atoms. The van der Waals surface area contributed by atoms with Crippen molar-refractivity contribution < 1.29 is 9.90 Å². The second-order valence-electron chi connectivity index (χ2n) is 6.94. The number of nitrogen functional groups attached to an aromatic ring is 1. The van der Waals surface area contributed by atoms with E-state index in [0.717, 1.165) is 27.7 Å². The topological polar surface area (TPSA) is 106 Å². The van der Waals surface area contributed by atoms with Gasteiger partial charge in [0, 0.05) is 24.5 Å². The van der Waals surface area contributed by atoms with Gasteiger partial charge in [-0.3, -0.25) is 4.79 Å². The summed E-state index contributed by atoms with van der Waals surface area (Å²) in [5.41, 5.74) is 10.9. The summed E-state index contributed by atoms with van der Waals surface area (Å²) in [5, 5.41) is 13.8. The molecule has 0 aliphatic heterocycles. The van der Waals surface area contributed by atoms with Crippen LogP contribution < -0.4 is 11.1 Å². The molecule has 1 unspecified atom stereocenters. The first kappa shape index (κ1) is 18.6. The Labute approximate surface area is 167 Å². The fraction of sp³-hybridized carbons (Fsp3) is 0.136. The fourth-order valence-corrected chi connectivity index (χ4v) is 3.48. The molecule has 0 fully saturated rings. The van der Waals surface area contributed by atoms with Crippen molar-refractivity contribution >= 4 is 28.4 Å². The molecule has 0 spiro atoms. The molecule has 0 saturated carbocycles. The zero-order valence-corrected chi connectivity index (χ0v) is 16.1. The average molecular weight is 387 g/mol. The SMILES string of the molecule is Cc1cc(NC(=O)C(O)c2ccccc2)ccc1-c1cn(C)c2ncnc(N)c12. The number of rotatable bonds is 4. The number of nitrogens with two attached hydrogens (primary N) is 1. The second kappa shape index (κ2) is 7.37. The van der Waals surface area contributed by atoms with Gasteiger partial charge in [0.2, 0.25) is 0 Å². The number of amides is 1. The molecule has 7 nitrogen and oxygen atoms in total. The van der Waals surface area contributed by atoms with Gasteiger partial charge in [-0.05, 0) is 35.7 Å². The van der Waals surface area contributed by atoms with Crippen molar-refractivity contribution in [1.82, 2.24) is 14.5 Å². The summed E-state index contributed by atoms with van der Waals surface area (Å²) < 4.78 is 1.91. The molecule has 2 heterocycles. The summed E-state index contributed by atoms with van der Waals surface area (Å²) in [6.07, 6.45) is 2.19. The maximum absolute atomic E-state index is 12.4. The third kappa shape index (κ3) is 3.43. The van der Waals surface area contributed by atoms with Gasteiger partial charge in [0.25, 0.3) is 5.91 Å². The Balaban J connectivity index is 1.63. The molecular weight excluding hydrogens is 366 g/mol. The molecule has 0 bridgehead atoms. The van der Waals surface area contributed by atoms with Gasteiger partial charge >= 0.3 is 0 Å². The van der Waals surface area contributed by atoms with Gasteiger partial charge in [0.1, 0.15) is 17.8 Å². The maximum atomic E-state index is 12.4. The number of carbonyl (C=O) groups excluding carboxylic acids is 1. The largest absolute Gasteiger partial charge is 0.383 e. The monoisotopic (exact) mass is 387 g/mol. The van der Waals surface area contributed by atoms with Crippen LogP contribution in [0.2, 0.25) is 0 Å². The molecule has 4 N–H and O–H groups in total. The summed E-state index contributed by atoms with van der Waals surface area (Å²) in [6, 6.07) is 14.4. The number of fused-ring (bicyclic) bond motifs is 1. The van der Waals surface area contributed by atoms with E-state index in [-0.39, 0.29) is 0 Å². The van der Waals surface area contributed by atoms with Crippen molar-refractivity contribution in [3.63, 3.8) is 0 Å². The van der Waals surface area contributed by atoms with Crippen LogP contribution in [0.15, 0.2) is 61.1 Å². The van der Waals surface area contributed by atoms with Gasteiger partial charge in [0.15, 0.2) is 6.10 Å². The van der Waals surface area contributed by atoms with Crippen LogP contribution in [0.3, 0.4) is 0 Å². The lowest BCUT2D eigenvalue weighted by Gasteiger charge is -2.13. The number of hydrogen-bond acceptors (Lipinski definition) is 5. The molecule has 146 valence electrons.